The Bertz CT molecular complexity index is 747. The van der Waals surface area contributed by atoms with E-state index in [9.17, 15) is 4.79 Å². The van der Waals surface area contributed by atoms with Crippen molar-refractivity contribution in [3.8, 4) is 0 Å². The SMILES string of the molecule is Cc1ccc(NC(=O)NCCCN2CCCc3ccccc32)c(Cl)c1. The van der Waals surface area contributed by atoms with E-state index < -0.39 is 0 Å². The summed E-state index contributed by atoms with van der Waals surface area (Å²) in [6, 6.07) is 14.0. The van der Waals surface area contributed by atoms with Gasteiger partial charge in [-0.3, -0.25) is 0 Å². The highest BCUT2D eigenvalue weighted by Gasteiger charge is 2.15. The van der Waals surface area contributed by atoms with Crippen LogP contribution in [0.15, 0.2) is 42.5 Å². The largest absolute Gasteiger partial charge is 0.371 e. The van der Waals surface area contributed by atoms with Crippen molar-refractivity contribution in [2.75, 3.05) is 29.9 Å². The fourth-order valence-electron chi connectivity index (χ4n) is 3.20. The lowest BCUT2D eigenvalue weighted by atomic mass is 10.0. The van der Waals surface area contributed by atoms with Gasteiger partial charge < -0.3 is 15.5 Å². The molecule has 0 fully saturated rings. The standard InChI is InChI=1S/C20H24ClN3O/c1-15-9-10-18(17(21)14-15)23-20(25)22-11-5-13-24-12-4-7-16-6-2-3-8-19(16)24/h2-3,6,8-10,14H,4-5,7,11-13H2,1H3,(H2,22,23,25). The molecule has 0 bridgehead atoms. The quantitative estimate of drug-likeness (QED) is 0.767. The summed E-state index contributed by atoms with van der Waals surface area (Å²) < 4.78 is 0. The predicted octanol–water partition coefficient (Wildman–Crippen LogP) is 4.61. The van der Waals surface area contributed by atoms with Gasteiger partial charge in [0.1, 0.15) is 0 Å². The van der Waals surface area contributed by atoms with Crippen LogP contribution in [0.3, 0.4) is 0 Å². The van der Waals surface area contributed by atoms with Crippen molar-refractivity contribution in [2.45, 2.75) is 26.2 Å². The van der Waals surface area contributed by atoms with Gasteiger partial charge in [0.25, 0.3) is 0 Å². The van der Waals surface area contributed by atoms with Gasteiger partial charge in [-0.15, -0.1) is 0 Å². The van der Waals surface area contributed by atoms with Crippen LogP contribution in [0.2, 0.25) is 5.02 Å². The average Bonchev–Trinajstić information content (AvgIpc) is 2.61. The van der Waals surface area contributed by atoms with Gasteiger partial charge in [-0.2, -0.15) is 0 Å². The Balaban J connectivity index is 1.44. The number of hydrogen-bond donors (Lipinski definition) is 2. The van der Waals surface area contributed by atoms with Gasteiger partial charge >= 0.3 is 6.03 Å². The molecule has 0 aliphatic carbocycles. The smallest absolute Gasteiger partial charge is 0.319 e. The Morgan fingerprint density at radius 2 is 2.08 bits per heavy atom. The summed E-state index contributed by atoms with van der Waals surface area (Å²) in [4.78, 5) is 14.4. The first-order valence-electron chi connectivity index (χ1n) is 8.77. The number of hydrogen-bond acceptors (Lipinski definition) is 2. The van der Waals surface area contributed by atoms with Gasteiger partial charge in [-0.25, -0.2) is 4.79 Å². The molecule has 1 aliphatic heterocycles. The zero-order valence-electron chi connectivity index (χ0n) is 14.5. The number of halogens is 1. The number of nitrogens with one attached hydrogen (secondary N) is 2. The number of amides is 2. The lowest BCUT2D eigenvalue weighted by Gasteiger charge is -2.31. The maximum Gasteiger partial charge on any atom is 0.319 e. The second kappa shape index (κ2) is 8.26. The van der Waals surface area contributed by atoms with Crippen LogP contribution in [0, 0.1) is 6.92 Å². The van der Waals surface area contributed by atoms with Crippen molar-refractivity contribution in [1.29, 1.82) is 0 Å². The molecule has 4 nitrogen and oxygen atoms in total. The summed E-state index contributed by atoms with van der Waals surface area (Å²) in [5.41, 5.74) is 4.46. The van der Waals surface area contributed by atoms with Crippen LogP contribution >= 0.6 is 11.6 Å². The van der Waals surface area contributed by atoms with E-state index >= 15 is 0 Å². The van der Waals surface area contributed by atoms with Gasteiger partial charge in [0, 0.05) is 25.3 Å². The molecule has 2 aromatic rings. The molecule has 0 atom stereocenters. The van der Waals surface area contributed by atoms with Crippen LogP contribution in [0.4, 0.5) is 16.2 Å². The van der Waals surface area contributed by atoms with Crippen LogP contribution in [-0.2, 0) is 6.42 Å². The van der Waals surface area contributed by atoms with Crippen LogP contribution < -0.4 is 15.5 Å². The van der Waals surface area contributed by atoms with E-state index in [0.29, 0.717) is 17.3 Å². The molecule has 2 aromatic carbocycles. The van der Waals surface area contributed by atoms with Gasteiger partial charge in [0.05, 0.1) is 10.7 Å². The molecule has 1 aliphatic rings. The van der Waals surface area contributed by atoms with E-state index in [2.05, 4.69) is 39.8 Å². The minimum atomic E-state index is -0.218. The van der Waals surface area contributed by atoms with Crippen molar-refractivity contribution in [3.63, 3.8) is 0 Å². The number of fused-ring (bicyclic) bond motifs is 1. The van der Waals surface area contributed by atoms with E-state index in [1.807, 2.05) is 25.1 Å². The molecular weight excluding hydrogens is 334 g/mol. The molecule has 0 unspecified atom stereocenters. The molecule has 2 N–H and O–H groups in total. The normalized spacial score (nSPS) is 13.3. The third-order valence-electron chi connectivity index (χ3n) is 4.47. The van der Waals surface area contributed by atoms with Crippen LogP contribution in [0.25, 0.3) is 0 Å². The fraction of sp³-hybridized carbons (Fsp3) is 0.350. The molecule has 1 heterocycles. The topological polar surface area (TPSA) is 44.4 Å². The molecule has 0 aromatic heterocycles. The van der Waals surface area contributed by atoms with Crippen molar-refractivity contribution < 1.29 is 4.79 Å². The number of benzene rings is 2. The van der Waals surface area contributed by atoms with Crippen LogP contribution in [0.1, 0.15) is 24.0 Å². The molecule has 25 heavy (non-hydrogen) atoms. The van der Waals surface area contributed by atoms with E-state index in [1.165, 1.54) is 17.7 Å². The zero-order chi connectivity index (χ0) is 17.6. The number of nitrogens with zero attached hydrogens (tertiary/aromatic N) is 1. The summed E-state index contributed by atoms with van der Waals surface area (Å²) in [7, 11) is 0. The Kier molecular flexibility index (Phi) is 5.82. The van der Waals surface area contributed by atoms with Gasteiger partial charge in [-0.05, 0) is 55.5 Å². The number of rotatable bonds is 5. The number of para-hydroxylation sites is 1. The molecule has 3 rings (SSSR count). The van der Waals surface area contributed by atoms with Gasteiger partial charge in [0.15, 0.2) is 0 Å². The number of carbonyl (C=O) groups is 1. The Morgan fingerprint density at radius 1 is 1.24 bits per heavy atom. The van der Waals surface area contributed by atoms with E-state index in [4.69, 9.17) is 11.6 Å². The van der Waals surface area contributed by atoms with E-state index in [0.717, 1.165) is 31.5 Å². The monoisotopic (exact) mass is 357 g/mol. The van der Waals surface area contributed by atoms with Crippen molar-refractivity contribution >= 4 is 29.0 Å². The molecule has 2 amide bonds. The first-order valence-corrected chi connectivity index (χ1v) is 9.15. The zero-order valence-corrected chi connectivity index (χ0v) is 15.3. The Hall–Kier alpha value is -2.20. The van der Waals surface area contributed by atoms with Crippen molar-refractivity contribution in [2.24, 2.45) is 0 Å². The minimum absolute atomic E-state index is 0.218. The number of urea groups is 1. The second-order valence-corrected chi connectivity index (χ2v) is 6.84. The highest BCUT2D eigenvalue weighted by Crippen LogP contribution is 2.26. The predicted molar refractivity (Wildman–Crippen MR) is 105 cm³/mol. The third-order valence-corrected chi connectivity index (χ3v) is 4.78. The molecule has 132 valence electrons. The molecule has 0 saturated carbocycles. The first kappa shape index (κ1) is 17.6. The van der Waals surface area contributed by atoms with E-state index in [-0.39, 0.29) is 6.03 Å². The lowest BCUT2D eigenvalue weighted by Crippen LogP contribution is -2.34. The molecule has 5 heteroatoms. The number of carbonyl (C=O) groups excluding carboxylic acids is 1. The maximum absolute atomic E-state index is 12.0. The summed E-state index contributed by atoms with van der Waals surface area (Å²) in [5.74, 6) is 0. The van der Waals surface area contributed by atoms with Crippen molar-refractivity contribution in [3.05, 3.63) is 58.6 Å². The molecule has 0 saturated heterocycles. The second-order valence-electron chi connectivity index (χ2n) is 6.44. The Labute approximate surface area is 154 Å². The summed E-state index contributed by atoms with van der Waals surface area (Å²) in [6.45, 7) is 4.63. The fourth-order valence-corrected chi connectivity index (χ4v) is 3.49. The molecule has 0 radical (unpaired) electrons. The average molecular weight is 358 g/mol. The highest BCUT2D eigenvalue weighted by molar-refractivity contribution is 6.33. The van der Waals surface area contributed by atoms with Gasteiger partial charge in [0.2, 0.25) is 0 Å². The van der Waals surface area contributed by atoms with Crippen LogP contribution in [0.5, 0.6) is 0 Å². The lowest BCUT2D eigenvalue weighted by molar-refractivity contribution is 0.252. The molecule has 0 spiro atoms. The number of aryl methyl sites for hydroxylation is 2. The summed E-state index contributed by atoms with van der Waals surface area (Å²) in [5, 5.41) is 6.25. The van der Waals surface area contributed by atoms with Crippen molar-refractivity contribution in [1.82, 2.24) is 5.32 Å². The third kappa shape index (κ3) is 4.67. The minimum Gasteiger partial charge on any atom is -0.371 e. The Morgan fingerprint density at radius 3 is 2.92 bits per heavy atom. The van der Waals surface area contributed by atoms with Gasteiger partial charge in [-0.1, -0.05) is 35.9 Å². The molecular formula is C20H24ClN3O. The number of anilines is 2. The highest BCUT2D eigenvalue weighted by atomic mass is 35.5. The summed E-state index contributed by atoms with van der Waals surface area (Å²) >= 11 is 6.14. The van der Waals surface area contributed by atoms with E-state index in [1.54, 1.807) is 0 Å². The first-order chi connectivity index (χ1) is 12.1. The van der Waals surface area contributed by atoms with Crippen LogP contribution in [-0.4, -0.2) is 25.7 Å². The summed E-state index contributed by atoms with van der Waals surface area (Å²) in [6.07, 6.45) is 3.25. The maximum atomic E-state index is 12.0.